The predicted octanol–water partition coefficient (Wildman–Crippen LogP) is 2.02. The molecule has 0 radical (unpaired) electrons. The number of imidazole rings is 1. The van der Waals surface area contributed by atoms with Crippen LogP contribution in [-0.4, -0.2) is 27.5 Å². The van der Waals surface area contributed by atoms with Gasteiger partial charge in [0.05, 0.1) is 0 Å². The Balaban J connectivity index is 1.88. The zero-order valence-electron chi connectivity index (χ0n) is 12.2. The third-order valence-corrected chi connectivity index (χ3v) is 3.73. The lowest BCUT2D eigenvalue weighted by atomic mass is 9.88. The molecular weight excluding hydrogens is 266 g/mol. The van der Waals surface area contributed by atoms with Crippen LogP contribution in [0.15, 0.2) is 24.3 Å². The summed E-state index contributed by atoms with van der Waals surface area (Å²) in [6, 6.07) is 7.01. The van der Waals surface area contributed by atoms with E-state index in [1.807, 2.05) is 12.1 Å². The molecule has 5 heteroatoms. The van der Waals surface area contributed by atoms with Gasteiger partial charge in [0.15, 0.2) is 0 Å². The minimum absolute atomic E-state index is 0.0171. The Morgan fingerprint density at radius 2 is 2.00 bits per heavy atom. The summed E-state index contributed by atoms with van der Waals surface area (Å²) in [5, 5.41) is 12.2. The molecule has 0 bridgehead atoms. The smallest absolute Gasteiger partial charge is 0.271 e. The van der Waals surface area contributed by atoms with E-state index >= 15 is 0 Å². The first-order valence-corrected chi connectivity index (χ1v) is 7.07. The number of benzene rings is 1. The van der Waals surface area contributed by atoms with Crippen LogP contribution >= 0.6 is 0 Å². The van der Waals surface area contributed by atoms with Gasteiger partial charge < -0.3 is 15.4 Å². The van der Waals surface area contributed by atoms with Gasteiger partial charge in [-0.2, -0.15) is 0 Å². The fourth-order valence-corrected chi connectivity index (χ4v) is 2.61. The summed E-state index contributed by atoms with van der Waals surface area (Å²) in [7, 11) is 0. The van der Waals surface area contributed by atoms with Crippen molar-refractivity contribution in [3.63, 3.8) is 0 Å². The first-order chi connectivity index (χ1) is 9.93. The molecule has 3 rings (SSSR count). The molecule has 0 spiro atoms. The van der Waals surface area contributed by atoms with E-state index in [1.165, 1.54) is 0 Å². The van der Waals surface area contributed by atoms with Crippen LogP contribution in [0.3, 0.4) is 0 Å². The normalized spacial score (nSPS) is 17.0. The van der Waals surface area contributed by atoms with Crippen molar-refractivity contribution < 1.29 is 9.90 Å². The standard InChI is InChI=1S/C16H19N3O2/c1-16(2)8-12-14(15(21)17-9-16)19-13(18-12)7-10-3-5-11(20)6-4-10/h3-6,20H,7-9H2,1-2H3,(H,17,21)(H,18,19). The molecular formula is C16H19N3O2. The van der Waals surface area contributed by atoms with Crippen molar-refractivity contribution in [2.24, 2.45) is 5.41 Å². The molecule has 2 heterocycles. The number of fused-ring (bicyclic) bond motifs is 1. The fraction of sp³-hybridized carbons (Fsp3) is 0.375. The lowest BCUT2D eigenvalue weighted by molar-refractivity contribution is 0.0940. The van der Waals surface area contributed by atoms with Crippen molar-refractivity contribution in [2.75, 3.05) is 6.54 Å². The highest BCUT2D eigenvalue weighted by molar-refractivity contribution is 5.94. The van der Waals surface area contributed by atoms with Gasteiger partial charge in [-0.3, -0.25) is 4.79 Å². The van der Waals surface area contributed by atoms with Gasteiger partial charge in [0, 0.05) is 18.7 Å². The Labute approximate surface area is 123 Å². The zero-order valence-corrected chi connectivity index (χ0v) is 12.2. The van der Waals surface area contributed by atoms with Crippen LogP contribution in [0.2, 0.25) is 0 Å². The van der Waals surface area contributed by atoms with E-state index in [9.17, 15) is 9.90 Å². The van der Waals surface area contributed by atoms with Crippen LogP contribution < -0.4 is 5.32 Å². The number of carbonyl (C=O) groups is 1. The van der Waals surface area contributed by atoms with Crippen molar-refractivity contribution in [1.82, 2.24) is 15.3 Å². The van der Waals surface area contributed by atoms with Gasteiger partial charge in [-0.25, -0.2) is 4.98 Å². The summed E-state index contributed by atoms with van der Waals surface area (Å²) in [6.45, 7) is 4.91. The summed E-state index contributed by atoms with van der Waals surface area (Å²) < 4.78 is 0. The highest BCUT2D eigenvalue weighted by Crippen LogP contribution is 2.25. The molecule has 0 saturated heterocycles. The Morgan fingerprint density at radius 3 is 2.71 bits per heavy atom. The Hall–Kier alpha value is -2.30. The first kappa shape index (κ1) is 13.7. The van der Waals surface area contributed by atoms with Crippen molar-refractivity contribution in [3.05, 3.63) is 47.0 Å². The number of H-pyrrole nitrogens is 1. The van der Waals surface area contributed by atoms with Gasteiger partial charge >= 0.3 is 0 Å². The SMILES string of the molecule is CC1(C)CNC(=O)c2nc(Cc3ccc(O)cc3)[nH]c2C1. The number of aromatic amines is 1. The van der Waals surface area contributed by atoms with Crippen molar-refractivity contribution in [2.45, 2.75) is 26.7 Å². The predicted molar refractivity (Wildman–Crippen MR) is 79.3 cm³/mol. The maximum absolute atomic E-state index is 12.1. The molecule has 0 aliphatic carbocycles. The quantitative estimate of drug-likeness (QED) is 0.790. The average Bonchev–Trinajstić information content (AvgIpc) is 2.76. The second-order valence-corrected chi connectivity index (χ2v) is 6.38. The molecule has 1 aliphatic rings. The molecule has 0 fully saturated rings. The molecule has 1 aliphatic heterocycles. The molecule has 21 heavy (non-hydrogen) atoms. The first-order valence-electron chi connectivity index (χ1n) is 7.07. The van der Waals surface area contributed by atoms with E-state index in [-0.39, 0.29) is 17.1 Å². The van der Waals surface area contributed by atoms with Crippen molar-refractivity contribution in [3.8, 4) is 5.75 Å². The van der Waals surface area contributed by atoms with Gasteiger partial charge in [-0.05, 0) is 29.5 Å². The summed E-state index contributed by atoms with van der Waals surface area (Å²) >= 11 is 0. The third kappa shape index (κ3) is 2.91. The fourth-order valence-electron chi connectivity index (χ4n) is 2.61. The number of rotatable bonds is 2. The summed E-state index contributed by atoms with van der Waals surface area (Å²) in [4.78, 5) is 19.8. The monoisotopic (exact) mass is 285 g/mol. The van der Waals surface area contributed by atoms with Crippen LogP contribution in [0.4, 0.5) is 0 Å². The lowest BCUT2D eigenvalue weighted by Crippen LogP contribution is -2.32. The minimum atomic E-state index is -0.108. The number of hydrogen-bond acceptors (Lipinski definition) is 3. The molecule has 1 aromatic carbocycles. The highest BCUT2D eigenvalue weighted by atomic mass is 16.3. The number of nitrogens with zero attached hydrogens (tertiary/aromatic N) is 1. The molecule has 3 N–H and O–H groups in total. The lowest BCUT2D eigenvalue weighted by Gasteiger charge is -2.21. The van der Waals surface area contributed by atoms with Gasteiger partial charge in [-0.15, -0.1) is 0 Å². The highest BCUT2D eigenvalue weighted by Gasteiger charge is 2.29. The van der Waals surface area contributed by atoms with Gasteiger partial charge in [0.2, 0.25) is 0 Å². The van der Waals surface area contributed by atoms with Crippen LogP contribution in [-0.2, 0) is 12.8 Å². The van der Waals surface area contributed by atoms with Gasteiger partial charge in [0.1, 0.15) is 17.3 Å². The number of phenols is 1. The Bertz CT molecular complexity index is 671. The van der Waals surface area contributed by atoms with Crippen LogP contribution in [0.5, 0.6) is 5.75 Å². The number of phenolic OH excluding ortho intramolecular Hbond substituents is 1. The van der Waals surface area contributed by atoms with Crippen LogP contribution in [0, 0.1) is 5.41 Å². The summed E-state index contributed by atoms with van der Waals surface area (Å²) in [5.41, 5.74) is 2.47. The Kier molecular flexibility index (Phi) is 3.20. The number of nitrogens with one attached hydrogen (secondary N) is 2. The van der Waals surface area contributed by atoms with E-state index in [4.69, 9.17) is 0 Å². The van der Waals surface area contributed by atoms with Crippen molar-refractivity contribution in [1.29, 1.82) is 0 Å². The van der Waals surface area contributed by atoms with Crippen LogP contribution in [0.25, 0.3) is 0 Å². The van der Waals surface area contributed by atoms with Crippen LogP contribution in [0.1, 0.15) is 41.4 Å². The number of aromatic hydroxyl groups is 1. The summed E-state index contributed by atoms with van der Waals surface area (Å²) in [6.07, 6.45) is 1.41. The maximum atomic E-state index is 12.1. The Morgan fingerprint density at radius 1 is 1.29 bits per heavy atom. The van der Waals surface area contributed by atoms with Gasteiger partial charge in [-0.1, -0.05) is 26.0 Å². The van der Waals surface area contributed by atoms with E-state index < -0.39 is 0 Å². The second kappa shape index (κ2) is 4.91. The zero-order chi connectivity index (χ0) is 15.0. The topological polar surface area (TPSA) is 78.0 Å². The van der Waals surface area contributed by atoms with E-state index in [0.717, 1.165) is 23.5 Å². The molecule has 2 aromatic rings. The average molecular weight is 285 g/mol. The number of hydrogen-bond donors (Lipinski definition) is 3. The largest absolute Gasteiger partial charge is 0.508 e. The maximum Gasteiger partial charge on any atom is 0.271 e. The number of amides is 1. The second-order valence-electron chi connectivity index (χ2n) is 6.38. The molecule has 1 aromatic heterocycles. The molecule has 0 unspecified atom stereocenters. The number of aromatic nitrogens is 2. The van der Waals surface area contributed by atoms with E-state index in [2.05, 4.69) is 29.1 Å². The summed E-state index contributed by atoms with van der Waals surface area (Å²) in [5.74, 6) is 0.914. The van der Waals surface area contributed by atoms with E-state index in [1.54, 1.807) is 12.1 Å². The van der Waals surface area contributed by atoms with E-state index in [0.29, 0.717) is 18.7 Å². The molecule has 0 saturated carbocycles. The number of carbonyl (C=O) groups excluding carboxylic acids is 1. The molecule has 5 nitrogen and oxygen atoms in total. The molecule has 1 amide bonds. The molecule has 110 valence electrons. The molecule has 0 atom stereocenters. The third-order valence-electron chi connectivity index (χ3n) is 3.73. The van der Waals surface area contributed by atoms with Crippen molar-refractivity contribution >= 4 is 5.91 Å². The minimum Gasteiger partial charge on any atom is -0.508 e. The van der Waals surface area contributed by atoms with Gasteiger partial charge in [0.25, 0.3) is 5.91 Å².